The topological polar surface area (TPSA) is 12.0 Å². The second kappa shape index (κ2) is 2.98. The van der Waals surface area contributed by atoms with Gasteiger partial charge in [0.25, 0.3) is 0 Å². The van der Waals surface area contributed by atoms with Crippen molar-refractivity contribution in [3.8, 4) is 0 Å². The molecule has 0 unspecified atom stereocenters. The molecule has 0 saturated carbocycles. The van der Waals surface area contributed by atoms with Crippen LogP contribution in [0.2, 0.25) is 0 Å². The number of hydrogen-bond donors (Lipinski definition) is 1. The van der Waals surface area contributed by atoms with Gasteiger partial charge in [-0.25, -0.2) is 0 Å². The van der Waals surface area contributed by atoms with Crippen molar-refractivity contribution < 1.29 is 0 Å². The summed E-state index contributed by atoms with van der Waals surface area (Å²) in [5.74, 6) is 0. The lowest BCUT2D eigenvalue weighted by Gasteiger charge is -2.40. The molecule has 81 valence electrons. The highest BCUT2D eigenvalue weighted by Gasteiger charge is 2.44. The summed E-state index contributed by atoms with van der Waals surface area (Å²) < 4.78 is 0. The van der Waals surface area contributed by atoms with Crippen LogP contribution >= 0.6 is 0 Å². The normalized spacial score (nSPS) is 25.2. The Labute approximate surface area is 96.6 Å². The highest BCUT2D eigenvalue weighted by molar-refractivity contribution is 5.96. The van der Waals surface area contributed by atoms with Crippen molar-refractivity contribution in [2.45, 2.75) is 24.7 Å². The van der Waals surface area contributed by atoms with Gasteiger partial charge in [0.1, 0.15) is 0 Å². The Balaban J connectivity index is 1.88. The van der Waals surface area contributed by atoms with E-state index in [9.17, 15) is 0 Å². The van der Waals surface area contributed by atoms with Crippen LogP contribution in [0.5, 0.6) is 0 Å². The van der Waals surface area contributed by atoms with E-state index in [1.165, 1.54) is 37.9 Å². The second-order valence-electron chi connectivity index (χ2n) is 5.34. The van der Waals surface area contributed by atoms with Crippen molar-refractivity contribution >= 4 is 5.57 Å². The van der Waals surface area contributed by atoms with Gasteiger partial charge in [0.2, 0.25) is 0 Å². The Hall–Kier alpha value is -1.08. The molecule has 1 aliphatic heterocycles. The first-order valence-corrected chi connectivity index (χ1v) is 6.28. The standard InChI is InChI=1S/C15H16N/c1-2-4-14-12(3-1)13-9-11(13)10-15(14)5-7-16-8-6-15/h1-4,9,16H,5-8,10H2. The molecule has 3 aliphatic rings. The molecule has 1 N–H and O–H groups in total. The van der Waals surface area contributed by atoms with Crippen LogP contribution in [0.15, 0.2) is 29.8 Å². The van der Waals surface area contributed by atoms with Crippen LogP contribution in [0.1, 0.15) is 30.4 Å². The van der Waals surface area contributed by atoms with E-state index in [4.69, 9.17) is 0 Å². The molecule has 1 spiro atoms. The predicted molar refractivity (Wildman–Crippen MR) is 66.1 cm³/mol. The Morgan fingerprint density at radius 3 is 2.75 bits per heavy atom. The molecule has 0 atom stereocenters. The smallest absolute Gasteiger partial charge is 0.0167 e. The molecule has 16 heavy (non-hydrogen) atoms. The fraction of sp³-hybridized carbons (Fsp3) is 0.400. The van der Waals surface area contributed by atoms with Crippen molar-refractivity contribution in [2.24, 2.45) is 0 Å². The number of piperidine rings is 1. The zero-order valence-corrected chi connectivity index (χ0v) is 9.42. The SMILES string of the molecule is [CH]1C2=C1c1ccccc1C1(CCNCC1)C2. The number of nitrogens with one attached hydrogen (secondary N) is 1. The van der Waals surface area contributed by atoms with E-state index in [-0.39, 0.29) is 0 Å². The van der Waals surface area contributed by atoms with Gasteiger partial charge in [-0.05, 0) is 49.1 Å². The minimum Gasteiger partial charge on any atom is -0.317 e. The van der Waals surface area contributed by atoms with E-state index in [1.54, 1.807) is 16.7 Å². The molecule has 0 amide bonds. The van der Waals surface area contributed by atoms with Crippen LogP contribution in [-0.4, -0.2) is 13.1 Å². The van der Waals surface area contributed by atoms with Crippen LogP contribution in [-0.2, 0) is 5.41 Å². The molecule has 1 aromatic carbocycles. The van der Waals surface area contributed by atoms with E-state index < -0.39 is 0 Å². The largest absolute Gasteiger partial charge is 0.317 e. The van der Waals surface area contributed by atoms with Crippen LogP contribution < -0.4 is 5.32 Å². The van der Waals surface area contributed by atoms with Crippen molar-refractivity contribution in [1.29, 1.82) is 0 Å². The maximum absolute atomic E-state index is 3.49. The Morgan fingerprint density at radius 1 is 1.06 bits per heavy atom. The minimum atomic E-state index is 0.452. The first kappa shape index (κ1) is 9.00. The number of rotatable bonds is 0. The fourth-order valence-electron chi connectivity index (χ4n) is 3.53. The van der Waals surface area contributed by atoms with Crippen molar-refractivity contribution in [3.05, 3.63) is 47.4 Å². The summed E-state index contributed by atoms with van der Waals surface area (Å²) in [6.45, 7) is 2.36. The van der Waals surface area contributed by atoms with E-state index in [2.05, 4.69) is 36.0 Å². The molecule has 1 saturated heterocycles. The number of benzene rings is 1. The lowest BCUT2D eigenvalue weighted by atomic mass is 9.67. The number of fused-ring (bicyclic) bond motifs is 3. The van der Waals surface area contributed by atoms with Gasteiger partial charge in [0.05, 0.1) is 0 Å². The van der Waals surface area contributed by atoms with E-state index in [0.717, 1.165) is 0 Å². The molecular weight excluding hydrogens is 194 g/mol. The third-order valence-electron chi connectivity index (χ3n) is 4.46. The van der Waals surface area contributed by atoms with Gasteiger partial charge in [0.15, 0.2) is 0 Å². The third kappa shape index (κ3) is 1.10. The number of allylic oxidation sites excluding steroid dienone is 2. The molecule has 2 aliphatic carbocycles. The maximum Gasteiger partial charge on any atom is 0.0167 e. The summed E-state index contributed by atoms with van der Waals surface area (Å²) in [6, 6.07) is 9.04. The quantitative estimate of drug-likeness (QED) is 0.694. The lowest BCUT2D eigenvalue weighted by Crippen LogP contribution is -2.40. The molecule has 0 bridgehead atoms. The zero-order valence-electron chi connectivity index (χ0n) is 9.42. The molecule has 1 heteroatoms. The molecule has 4 rings (SSSR count). The van der Waals surface area contributed by atoms with E-state index >= 15 is 0 Å². The summed E-state index contributed by atoms with van der Waals surface area (Å²) in [4.78, 5) is 0. The Bertz CT molecular complexity index is 478. The van der Waals surface area contributed by atoms with Gasteiger partial charge in [-0.1, -0.05) is 29.8 Å². The van der Waals surface area contributed by atoms with Gasteiger partial charge in [-0.15, -0.1) is 0 Å². The summed E-state index contributed by atoms with van der Waals surface area (Å²) in [5, 5.41) is 3.49. The average molecular weight is 210 g/mol. The summed E-state index contributed by atoms with van der Waals surface area (Å²) in [7, 11) is 0. The lowest BCUT2D eigenvalue weighted by molar-refractivity contribution is 0.306. The molecule has 1 heterocycles. The van der Waals surface area contributed by atoms with Crippen LogP contribution in [0.4, 0.5) is 0 Å². The molecule has 1 aromatic rings. The molecule has 1 nitrogen and oxygen atoms in total. The first-order valence-electron chi connectivity index (χ1n) is 6.28. The van der Waals surface area contributed by atoms with Gasteiger partial charge >= 0.3 is 0 Å². The first-order chi connectivity index (χ1) is 7.89. The van der Waals surface area contributed by atoms with Crippen molar-refractivity contribution in [2.75, 3.05) is 13.1 Å². The average Bonchev–Trinajstić information content (AvgIpc) is 3.10. The highest BCUT2D eigenvalue weighted by atomic mass is 14.9. The maximum atomic E-state index is 3.49. The van der Waals surface area contributed by atoms with Crippen LogP contribution in [0.25, 0.3) is 5.57 Å². The van der Waals surface area contributed by atoms with Crippen molar-refractivity contribution in [3.63, 3.8) is 0 Å². The fourth-order valence-corrected chi connectivity index (χ4v) is 3.53. The van der Waals surface area contributed by atoms with E-state index in [1.807, 2.05) is 0 Å². The van der Waals surface area contributed by atoms with Gasteiger partial charge in [0, 0.05) is 11.8 Å². The van der Waals surface area contributed by atoms with Crippen molar-refractivity contribution in [1.82, 2.24) is 5.32 Å². The van der Waals surface area contributed by atoms with Gasteiger partial charge in [-0.3, -0.25) is 0 Å². The summed E-state index contributed by atoms with van der Waals surface area (Å²) in [5.41, 5.74) is 6.75. The van der Waals surface area contributed by atoms with E-state index in [0.29, 0.717) is 5.41 Å². The highest BCUT2D eigenvalue weighted by Crippen LogP contribution is 2.56. The molecule has 1 fully saturated rings. The zero-order chi connectivity index (χ0) is 10.6. The van der Waals surface area contributed by atoms with Gasteiger partial charge in [-0.2, -0.15) is 0 Å². The molecule has 1 radical (unpaired) electrons. The Kier molecular flexibility index (Phi) is 1.68. The minimum absolute atomic E-state index is 0.452. The van der Waals surface area contributed by atoms with Crippen LogP contribution in [0, 0.1) is 6.42 Å². The monoisotopic (exact) mass is 210 g/mol. The predicted octanol–water partition coefficient (Wildman–Crippen LogP) is 2.68. The summed E-state index contributed by atoms with van der Waals surface area (Å²) in [6.07, 6.45) is 6.28. The molecule has 0 aromatic heterocycles. The van der Waals surface area contributed by atoms with Gasteiger partial charge < -0.3 is 5.32 Å². The van der Waals surface area contributed by atoms with Crippen LogP contribution in [0.3, 0.4) is 0 Å². The second-order valence-corrected chi connectivity index (χ2v) is 5.34. The molecular formula is C15H16N. The summed E-state index contributed by atoms with van der Waals surface area (Å²) >= 11 is 0. The third-order valence-corrected chi connectivity index (χ3v) is 4.46. The number of hydrogen-bond acceptors (Lipinski definition) is 1. The Morgan fingerprint density at radius 2 is 1.88 bits per heavy atom.